The van der Waals surface area contributed by atoms with E-state index < -0.39 is 28.7 Å². The highest BCUT2D eigenvalue weighted by atomic mass is 33.1. The third-order valence-electron chi connectivity index (χ3n) is 13.5. The number of pyridine rings is 1. The van der Waals surface area contributed by atoms with Crippen LogP contribution < -0.4 is 21.4 Å². The van der Waals surface area contributed by atoms with Gasteiger partial charge in [-0.05, 0) is 101 Å². The first-order valence-electron chi connectivity index (χ1n) is 20.5. The number of benzene rings is 1. The molecule has 3 aromatic rings. The molecule has 0 radical (unpaired) electrons. The maximum atomic E-state index is 14.4. The Hall–Kier alpha value is -3.82. The van der Waals surface area contributed by atoms with Crippen molar-refractivity contribution in [2.45, 2.75) is 107 Å². The summed E-state index contributed by atoms with van der Waals surface area (Å²) in [5.74, 6) is 0.845. The van der Waals surface area contributed by atoms with Crippen LogP contribution in [0.1, 0.15) is 81.0 Å². The Labute approximate surface area is 346 Å². The summed E-state index contributed by atoms with van der Waals surface area (Å²) in [7, 11) is 5.70. The Morgan fingerprint density at radius 2 is 2.03 bits per heavy atom. The van der Waals surface area contributed by atoms with Gasteiger partial charge in [0.25, 0.3) is 0 Å². The van der Waals surface area contributed by atoms with Crippen LogP contribution in [-0.4, -0.2) is 93.1 Å². The number of nitrogens with one attached hydrogen (secondary N) is 1. The monoisotopic (exact) mass is 830 g/mol. The Bertz CT molecular complexity index is 2230. The van der Waals surface area contributed by atoms with E-state index in [9.17, 15) is 24.6 Å². The number of allylic oxidation sites excluding steroid dienone is 1. The number of esters is 1. The molecule has 1 spiro atoms. The Morgan fingerprint density at radius 3 is 2.79 bits per heavy atom. The van der Waals surface area contributed by atoms with Gasteiger partial charge in [0.15, 0.2) is 11.2 Å². The highest BCUT2D eigenvalue weighted by Gasteiger charge is 2.64. The number of nitrogen functional groups attached to an aromatic ring is 1. The summed E-state index contributed by atoms with van der Waals surface area (Å²) >= 11 is 0. The second-order valence-corrected chi connectivity index (χ2v) is 19.5. The van der Waals surface area contributed by atoms with Crippen molar-refractivity contribution in [3.05, 3.63) is 86.4 Å². The molecule has 8 rings (SSSR count). The van der Waals surface area contributed by atoms with Crippen LogP contribution in [0, 0.1) is 11.8 Å². The SMILES string of the molecule is CC=C(C)C(=O)OC1(C)CC=C2CSSC3CCC(NC)C4CN(C(=O)Cc5cnc(N)cc5C2C12Cc1cc5cc(CC(CO)CCCO)c(=O)oc5cc1O2)C34. The van der Waals surface area contributed by atoms with E-state index in [1.165, 1.54) is 0 Å². The highest BCUT2D eigenvalue weighted by Crippen LogP contribution is 2.59. The number of carbonyl (C=O) groups is 2. The van der Waals surface area contributed by atoms with Crippen molar-refractivity contribution >= 4 is 50.3 Å². The Morgan fingerprint density at radius 1 is 1.21 bits per heavy atom. The van der Waals surface area contributed by atoms with Crippen LogP contribution in [0.2, 0.25) is 0 Å². The zero-order valence-electron chi connectivity index (χ0n) is 33.6. The van der Waals surface area contributed by atoms with Crippen LogP contribution in [0.4, 0.5) is 5.82 Å². The number of amides is 1. The minimum absolute atomic E-state index is 0.00967. The normalized spacial score (nSPS) is 29.8. The molecular weight excluding hydrogens is 777 g/mol. The van der Waals surface area contributed by atoms with E-state index >= 15 is 0 Å². The zero-order chi connectivity index (χ0) is 40.9. The average molecular weight is 831 g/mol. The standard InChI is InChI=1S/C44H54N4O8S2/c1-5-24(2)41(52)56-43(3)11-10-26-23-57-58-36-9-8-33(46-4)32-21-48(40(32)36)38(51)16-30-20-47-37(45)17-31(30)39(26)44(43)19-29-15-27-14-28(13-25(22-50)7-6-12-49)42(53)54-34(27)18-35(29)55-44/h5,10,14-15,17-18,20,25,32-33,36,39-40,46,49-50H,6-9,11-13,16,19,21-23H2,1-4H3,(H2,45,47). The molecule has 0 bridgehead atoms. The molecule has 2 fully saturated rings. The molecule has 1 amide bonds. The van der Waals surface area contributed by atoms with Gasteiger partial charge in [0, 0.05) is 84.3 Å². The van der Waals surface area contributed by atoms with Crippen LogP contribution in [-0.2, 0) is 33.6 Å². The predicted octanol–water partition coefficient (Wildman–Crippen LogP) is 5.26. The number of hydrogen-bond donors (Lipinski definition) is 4. The maximum absolute atomic E-state index is 14.4. The second-order valence-electron chi connectivity index (χ2n) is 16.9. The predicted molar refractivity (Wildman–Crippen MR) is 227 cm³/mol. The smallest absolute Gasteiger partial charge is 0.339 e. The number of hydrogen-bond acceptors (Lipinski definition) is 13. The molecular formula is C44H54N4O8S2. The molecule has 8 unspecified atom stereocenters. The van der Waals surface area contributed by atoms with Crippen LogP contribution in [0.25, 0.3) is 11.0 Å². The van der Waals surface area contributed by atoms with Crippen molar-refractivity contribution in [2.24, 2.45) is 11.8 Å². The first-order valence-corrected chi connectivity index (χ1v) is 22.9. The van der Waals surface area contributed by atoms with Crippen molar-refractivity contribution < 1.29 is 33.7 Å². The van der Waals surface area contributed by atoms with Gasteiger partial charge >= 0.3 is 11.6 Å². The number of carbonyl (C=O) groups excluding carboxylic acids is 2. The van der Waals surface area contributed by atoms with Crippen molar-refractivity contribution in [3.8, 4) is 5.75 Å². The van der Waals surface area contributed by atoms with Crippen molar-refractivity contribution in [3.63, 3.8) is 0 Å². The number of nitrogens with zero attached hydrogens (tertiary/aromatic N) is 2. The van der Waals surface area contributed by atoms with Gasteiger partial charge in [-0.1, -0.05) is 39.3 Å². The van der Waals surface area contributed by atoms with E-state index in [4.69, 9.17) is 19.6 Å². The van der Waals surface area contributed by atoms with Crippen LogP contribution in [0.15, 0.2) is 63.0 Å². The van der Waals surface area contributed by atoms with E-state index in [0.717, 1.165) is 41.6 Å². The zero-order valence-corrected chi connectivity index (χ0v) is 35.3. The molecule has 5 N–H and O–H groups in total. The van der Waals surface area contributed by atoms with Crippen molar-refractivity contribution in [2.75, 3.05) is 38.3 Å². The molecule has 58 heavy (non-hydrogen) atoms. The molecule has 3 aliphatic heterocycles. The van der Waals surface area contributed by atoms with E-state index in [-0.39, 0.29) is 37.5 Å². The van der Waals surface area contributed by atoms with Gasteiger partial charge in [-0.2, -0.15) is 0 Å². The third-order valence-corrected chi connectivity index (χ3v) is 16.4. The lowest BCUT2D eigenvalue weighted by Crippen LogP contribution is -2.69. The van der Waals surface area contributed by atoms with Gasteiger partial charge in [0.05, 0.1) is 18.4 Å². The van der Waals surface area contributed by atoms with Crippen LogP contribution >= 0.6 is 21.6 Å². The maximum Gasteiger partial charge on any atom is 0.339 e. The topological polar surface area (TPSA) is 177 Å². The molecule has 5 heterocycles. The highest BCUT2D eigenvalue weighted by molar-refractivity contribution is 8.77. The lowest BCUT2D eigenvalue weighted by molar-refractivity contribution is -0.183. The summed E-state index contributed by atoms with van der Waals surface area (Å²) in [6.07, 6.45) is 10.0. The fraction of sp³-hybridized carbons (Fsp3) is 0.545. The van der Waals surface area contributed by atoms with Gasteiger partial charge in [0.1, 0.15) is 17.2 Å². The molecule has 2 aliphatic carbocycles. The lowest BCUT2D eigenvalue weighted by atomic mass is 9.61. The lowest BCUT2D eigenvalue weighted by Gasteiger charge is -2.57. The summed E-state index contributed by atoms with van der Waals surface area (Å²) in [6, 6.07) is 7.98. The number of rotatable bonds is 9. The molecule has 5 aliphatic rings. The number of nitrogens with two attached hydrogens (primary N) is 1. The van der Waals surface area contributed by atoms with Gasteiger partial charge in [-0.15, -0.1) is 0 Å². The molecule has 1 aromatic carbocycles. The van der Waals surface area contributed by atoms with Gasteiger partial charge in [-0.25, -0.2) is 14.6 Å². The quantitative estimate of drug-likeness (QED) is 0.0723. The fourth-order valence-corrected chi connectivity index (χ4v) is 13.2. The molecule has 14 heteroatoms. The van der Waals surface area contributed by atoms with Gasteiger partial charge < -0.3 is 40.1 Å². The van der Waals surface area contributed by atoms with E-state index in [1.54, 1.807) is 43.0 Å². The second kappa shape index (κ2) is 16.3. The molecule has 12 nitrogen and oxygen atoms in total. The number of fused-ring (bicyclic) bond motifs is 6. The van der Waals surface area contributed by atoms with E-state index in [2.05, 4.69) is 21.3 Å². The number of ether oxygens (including phenoxy) is 2. The summed E-state index contributed by atoms with van der Waals surface area (Å²) in [4.78, 5) is 48.1. The van der Waals surface area contributed by atoms with E-state index in [0.29, 0.717) is 88.7 Å². The summed E-state index contributed by atoms with van der Waals surface area (Å²) in [5.41, 5.74) is 8.44. The fourth-order valence-electron chi connectivity index (χ4n) is 10.1. The van der Waals surface area contributed by atoms with Crippen molar-refractivity contribution in [1.82, 2.24) is 15.2 Å². The Balaban J connectivity index is 1.25. The van der Waals surface area contributed by atoms with Gasteiger partial charge in [0.2, 0.25) is 5.91 Å². The molecule has 310 valence electrons. The summed E-state index contributed by atoms with van der Waals surface area (Å²) < 4.78 is 19.8. The number of anilines is 1. The number of aromatic nitrogens is 1. The molecule has 8 atom stereocenters. The number of aliphatic hydroxyl groups is 2. The van der Waals surface area contributed by atoms with E-state index in [1.807, 2.05) is 43.0 Å². The first kappa shape index (κ1) is 40.9. The minimum atomic E-state index is -1.20. The van der Waals surface area contributed by atoms with Crippen LogP contribution in [0.3, 0.4) is 0 Å². The Kier molecular flexibility index (Phi) is 11.5. The summed E-state index contributed by atoms with van der Waals surface area (Å²) in [6.45, 7) is 6.09. The first-order chi connectivity index (χ1) is 27.9. The summed E-state index contributed by atoms with van der Waals surface area (Å²) in [5, 5.41) is 23.9. The van der Waals surface area contributed by atoms with Crippen molar-refractivity contribution in [1.29, 1.82) is 0 Å². The molecule has 2 aromatic heterocycles. The third kappa shape index (κ3) is 7.16. The largest absolute Gasteiger partial charge is 0.481 e. The molecule has 1 saturated heterocycles. The molecule has 1 saturated carbocycles. The van der Waals surface area contributed by atoms with Gasteiger partial charge in [-0.3, -0.25) is 4.79 Å². The minimum Gasteiger partial charge on any atom is -0.481 e. The number of aliphatic hydroxyl groups excluding tert-OH is 2. The van der Waals surface area contributed by atoms with Crippen LogP contribution in [0.5, 0.6) is 5.75 Å². The average Bonchev–Trinajstić information content (AvgIpc) is 3.56.